The maximum atomic E-state index is 12.9. The maximum absolute atomic E-state index is 12.9. The van der Waals surface area contributed by atoms with E-state index in [0.717, 1.165) is 17.7 Å². The first-order valence-corrected chi connectivity index (χ1v) is 5.86. The predicted molar refractivity (Wildman–Crippen MR) is 67.7 cm³/mol. The van der Waals surface area contributed by atoms with Gasteiger partial charge in [0.1, 0.15) is 5.82 Å². The number of nitrogens with zero attached hydrogens (tertiary/aromatic N) is 1. The van der Waals surface area contributed by atoms with E-state index in [2.05, 4.69) is 4.57 Å². The molecule has 2 rings (SSSR count). The van der Waals surface area contributed by atoms with Crippen molar-refractivity contribution in [2.45, 2.75) is 13.0 Å². The van der Waals surface area contributed by atoms with E-state index in [1.54, 1.807) is 6.07 Å². The zero-order chi connectivity index (χ0) is 12.3. The molecule has 0 bridgehead atoms. The van der Waals surface area contributed by atoms with Gasteiger partial charge in [-0.25, -0.2) is 4.39 Å². The Balaban J connectivity index is 2.22. The highest BCUT2D eigenvalue weighted by Crippen LogP contribution is 2.19. The summed E-state index contributed by atoms with van der Waals surface area (Å²) in [6.07, 6.45) is 2.80. The minimum Gasteiger partial charge on any atom is -0.347 e. The molecule has 0 spiro atoms. The first kappa shape index (κ1) is 12.1. The van der Waals surface area contributed by atoms with Gasteiger partial charge < -0.3 is 10.3 Å². The summed E-state index contributed by atoms with van der Waals surface area (Å²) in [6.45, 7) is 1.25. The zero-order valence-corrected chi connectivity index (χ0v) is 10.1. The standard InChI is InChI=1S/C13H14ClFN2/c14-13-8-11(15)4-3-10(13)9-17-7-1-2-12(17)5-6-16/h1-4,7-8H,5-6,9,16H2. The zero-order valence-electron chi connectivity index (χ0n) is 9.37. The number of aromatic nitrogens is 1. The number of hydrogen-bond acceptors (Lipinski definition) is 1. The van der Waals surface area contributed by atoms with E-state index in [4.69, 9.17) is 17.3 Å². The van der Waals surface area contributed by atoms with Crippen LogP contribution in [0.3, 0.4) is 0 Å². The smallest absolute Gasteiger partial charge is 0.124 e. The monoisotopic (exact) mass is 252 g/mol. The van der Waals surface area contributed by atoms with Gasteiger partial charge in [-0.15, -0.1) is 0 Å². The van der Waals surface area contributed by atoms with E-state index in [1.807, 2.05) is 18.3 Å². The van der Waals surface area contributed by atoms with Gasteiger partial charge in [-0.2, -0.15) is 0 Å². The van der Waals surface area contributed by atoms with Crippen LogP contribution in [0.2, 0.25) is 5.02 Å². The summed E-state index contributed by atoms with van der Waals surface area (Å²) in [4.78, 5) is 0. The van der Waals surface area contributed by atoms with Crippen molar-refractivity contribution in [1.29, 1.82) is 0 Å². The average molecular weight is 253 g/mol. The number of hydrogen-bond donors (Lipinski definition) is 1. The Hall–Kier alpha value is -1.32. The molecule has 0 amide bonds. The van der Waals surface area contributed by atoms with E-state index in [1.165, 1.54) is 12.1 Å². The van der Waals surface area contributed by atoms with Crippen LogP contribution in [0, 0.1) is 5.82 Å². The van der Waals surface area contributed by atoms with Crippen molar-refractivity contribution in [1.82, 2.24) is 4.57 Å². The highest BCUT2D eigenvalue weighted by molar-refractivity contribution is 6.31. The number of benzene rings is 1. The molecule has 0 unspecified atom stereocenters. The van der Waals surface area contributed by atoms with Crippen molar-refractivity contribution in [2.24, 2.45) is 5.73 Å². The lowest BCUT2D eigenvalue weighted by Crippen LogP contribution is -2.09. The highest BCUT2D eigenvalue weighted by Gasteiger charge is 2.05. The first-order chi connectivity index (χ1) is 8.20. The van der Waals surface area contributed by atoms with Gasteiger partial charge in [0, 0.05) is 23.5 Å². The van der Waals surface area contributed by atoms with E-state index < -0.39 is 0 Å². The SMILES string of the molecule is NCCc1cccn1Cc1ccc(F)cc1Cl. The average Bonchev–Trinajstić information content (AvgIpc) is 2.71. The molecule has 2 aromatic rings. The van der Waals surface area contributed by atoms with E-state index in [-0.39, 0.29) is 5.82 Å². The van der Waals surface area contributed by atoms with Crippen LogP contribution in [0.25, 0.3) is 0 Å². The molecule has 4 heteroatoms. The quantitative estimate of drug-likeness (QED) is 0.891. The fourth-order valence-electron chi connectivity index (χ4n) is 1.81. The third kappa shape index (κ3) is 2.87. The summed E-state index contributed by atoms with van der Waals surface area (Å²) < 4.78 is 15.0. The number of rotatable bonds is 4. The van der Waals surface area contributed by atoms with Crippen LogP contribution in [0.1, 0.15) is 11.3 Å². The van der Waals surface area contributed by atoms with Crippen LogP contribution in [0.4, 0.5) is 4.39 Å². The van der Waals surface area contributed by atoms with Gasteiger partial charge in [-0.1, -0.05) is 17.7 Å². The number of nitrogens with two attached hydrogens (primary N) is 1. The minimum atomic E-state index is -0.312. The molecule has 2 N–H and O–H groups in total. The van der Waals surface area contributed by atoms with Crippen molar-refractivity contribution in [3.05, 3.63) is 58.6 Å². The van der Waals surface area contributed by atoms with Gasteiger partial charge in [0.2, 0.25) is 0 Å². The lowest BCUT2D eigenvalue weighted by molar-refractivity contribution is 0.626. The largest absolute Gasteiger partial charge is 0.347 e. The Morgan fingerprint density at radius 3 is 2.82 bits per heavy atom. The summed E-state index contributed by atoms with van der Waals surface area (Å²) in [5, 5.41) is 0.456. The van der Waals surface area contributed by atoms with Crippen molar-refractivity contribution in [3.63, 3.8) is 0 Å². The molecule has 0 aliphatic heterocycles. The van der Waals surface area contributed by atoms with Gasteiger partial charge >= 0.3 is 0 Å². The fraction of sp³-hybridized carbons (Fsp3) is 0.231. The van der Waals surface area contributed by atoms with E-state index in [0.29, 0.717) is 18.1 Å². The molecule has 1 heterocycles. The lowest BCUT2D eigenvalue weighted by atomic mass is 10.2. The molecule has 2 nitrogen and oxygen atoms in total. The van der Waals surface area contributed by atoms with Gasteiger partial charge in [-0.3, -0.25) is 0 Å². The van der Waals surface area contributed by atoms with Crippen molar-refractivity contribution in [3.8, 4) is 0 Å². The fourth-order valence-corrected chi connectivity index (χ4v) is 2.04. The molecule has 1 aromatic heterocycles. The maximum Gasteiger partial charge on any atom is 0.124 e. The molecular formula is C13H14ClFN2. The molecule has 0 aliphatic carbocycles. The molecular weight excluding hydrogens is 239 g/mol. The van der Waals surface area contributed by atoms with Crippen LogP contribution < -0.4 is 5.73 Å². The molecule has 90 valence electrons. The van der Waals surface area contributed by atoms with Crippen LogP contribution in [0.5, 0.6) is 0 Å². The molecule has 0 saturated heterocycles. The Kier molecular flexibility index (Phi) is 3.82. The lowest BCUT2D eigenvalue weighted by Gasteiger charge is -2.10. The Morgan fingerprint density at radius 2 is 2.12 bits per heavy atom. The second kappa shape index (κ2) is 5.34. The van der Waals surface area contributed by atoms with E-state index >= 15 is 0 Å². The van der Waals surface area contributed by atoms with Crippen molar-refractivity contribution >= 4 is 11.6 Å². The highest BCUT2D eigenvalue weighted by atomic mass is 35.5. The van der Waals surface area contributed by atoms with Gasteiger partial charge in [0.25, 0.3) is 0 Å². The van der Waals surface area contributed by atoms with Crippen LogP contribution in [-0.4, -0.2) is 11.1 Å². The van der Waals surface area contributed by atoms with Crippen molar-refractivity contribution in [2.75, 3.05) is 6.54 Å². The predicted octanol–water partition coefficient (Wildman–Crippen LogP) is 2.83. The summed E-state index contributed by atoms with van der Waals surface area (Å²) in [5.74, 6) is -0.312. The number of halogens is 2. The minimum absolute atomic E-state index is 0.312. The molecule has 0 saturated carbocycles. The summed E-state index contributed by atoms with van der Waals surface area (Å²) in [5.41, 5.74) is 7.61. The summed E-state index contributed by atoms with van der Waals surface area (Å²) >= 11 is 6.00. The van der Waals surface area contributed by atoms with Crippen LogP contribution >= 0.6 is 11.6 Å². The normalized spacial score (nSPS) is 10.8. The van der Waals surface area contributed by atoms with Gasteiger partial charge in [0.05, 0.1) is 0 Å². The summed E-state index contributed by atoms with van der Waals surface area (Å²) in [6, 6.07) is 8.48. The molecule has 0 fully saturated rings. The molecule has 1 aromatic carbocycles. The Labute approximate surface area is 105 Å². The third-order valence-corrected chi connectivity index (χ3v) is 3.03. The third-order valence-electron chi connectivity index (χ3n) is 2.68. The second-order valence-electron chi connectivity index (χ2n) is 3.90. The van der Waals surface area contributed by atoms with Gasteiger partial charge in [0.15, 0.2) is 0 Å². The second-order valence-corrected chi connectivity index (χ2v) is 4.31. The van der Waals surface area contributed by atoms with Gasteiger partial charge in [-0.05, 0) is 42.8 Å². The topological polar surface area (TPSA) is 30.9 Å². The summed E-state index contributed by atoms with van der Waals surface area (Å²) in [7, 11) is 0. The first-order valence-electron chi connectivity index (χ1n) is 5.48. The Bertz CT molecular complexity index is 508. The van der Waals surface area contributed by atoms with Crippen molar-refractivity contribution < 1.29 is 4.39 Å². The molecule has 17 heavy (non-hydrogen) atoms. The van der Waals surface area contributed by atoms with Crippen LogP contribution in [-0.2, 0) is 13.0 Å². The Morgan fingerprint density at radius 1 is 1.29 bits per heavy atom. The molecule has 0 aliphatic rings. The van der Waals surface area contributed by atoms with Crippen LogP contribution in [0.15, 0.2) is 36.5 Å². The molecule has 0 atom stereocenters. The molecule has 0 radical (unpaired) electrons. The van der Waals surface area contributed by atoms with E-state index in [9.17, 15) is 4.39 Å².